The van der Waals surface area contributed by atoms with Gasteiger partial charge in [0.1, 0.15) is 5.92 Å². The molecule has 0 spiro atoms. The summed E-state index contributed by atoms with van der Waals surface area (Å²) >= 11 is 0. The summed E-state index contributed by atoms with van der Waals surface area (Å²) in [5.41, 5.74) is -1.36. The number of hydrogen-bond acceptors (Lipinski definition) is 8. The van der Waals surface area contributed by atoms with E-state index in [0.29, 0.717) is 5.56 Å². The first-order chi connectivity index (χ1) is 14.9. The molecule has 0 aromatic heterocycles. The van der Waals surface area contributed by atoms with Crippen molar-refractivity contribution in [3.8, 4) is 11.5 Å². The highest BCUT2D eigenvalue weighted by atomic mass is 16.5. The van der Waals surface area contributed by atoms with E-state index in [-0.39, 0.29) is 43.0 Å². The normalized spacial score (nSPS) is 25.7. The number of rotatable bonds is 8. The van der Waals surface area contributed by atoms with Crippen molar-refractivity contribution in [1.29, 1.82) is 0 Å². The van der Waals surface area contributed by atoms with Crippen LogP contribution >= 0.6 is 0 Å². The summed E-state index contributed by atoms with van der Waals surface area (Å²) < 4.78 is 16.0. The van der Waals surface area contributed by atoms with Gasteiger partial charge >= 0.3 is 11.9 Å². The van der Waals surface area contributed by atoms with E-state index >= 15 is 0 Å². The Balaban J connectivity index is 2.59. The monoisotopic (exact) mass is 450 g/mol. The van der Waals surface area contributed by atoms with E-state index in [1.54, 1.807) is 0 Å². The van der Waals surface area contributed by atoms with Crippen molar-refractivity contribution in [2.45, 2.75) is 52.6 Å². The van der Waals surface area contributed by atoms with E-state index in [1.165, 1.54) is 32.2 Å². The Labute approximate surface area is 188 Å². The van der Waals surface area contributed by atoms with Gasteiger partial charge < -0.3 is 24.4 Å². The summed E-state index contributed by atoms with van der Waals surface area (Å²) in [7, 11) is 1.36. The predicted octanol–water partition coefficient (Wildman–Crippen LogP) is 2.84. The fourth-order valence-electron chi connectivity index (χ4n) is 3.99. The quantitative estimate of drug-likeness (QED) is 0.458. The van der Waals surface area contributed by atoms with Crippen molar-refractivity contribution < 1.29 is 38.8 Å². The summed E-state index contributed by atoms with van der Waals surface area (Å²) in [5.74, 6) is -5.44. The number of hydrogen-bond donors (Lipinski definition) is 2. The van der Waals surface area contributed by atoms with Crippen LogP contribution in [-0.4, -0.2) is 53.9 Å². The van der Waals surface area contributed by atoms with Crippen molar-refractivity contribution >= 4 is 17.7 Å². The largest absolute Gasteiger partial charge is 0.504 e. The van der Waals surface area contributed by atoms with E-state index in [4.69, 9.17) is 14.2 Å². The van der Waals surface area contributed by atoms with Gasteiger partial charge in [-0.15, -0.1) is 0 Å². The first-order valence-electron chi connectivity index (χ1n) is 10.8. The van der Waals surface area contributed by atoms with Gasteiger partial charge in [0.15, 0.2) is 17.3 Å². The number of esters is 2. The maximum absolute atomic E-state index is 13.1. The molecular weight excluding hydrogens is 416 g/mol. The summed E-state index contributed by atoms with van der Waals surface area (Å²) in [6.45, 7) is 9.14. The van der Waals surface area contributed by atoms with Crippen LogP contribution in [0.1, 0.15) is 52.5 Å². The van der Waals surface area contributed by atoms with Crippen LogP contribution in [0.5, 0.6) is 11.5 Å². The average Bonchev–Trinajstić information content (AvgIpc) is 2.69. The smallest absolute Gasteiger partial charge is 0.317 e. The summed E-state index contributed by atoms with van der Waals surface area (Å²) in [4.78, 5) is 39.2. The predicted molar refractivity (Wildman–Crippen MR) is 116 cm³/mol. The second-order valence-corrected chi connectivity index (χ2v) is 9.46. The first-order valence-corrected chi connectivity index (χ1v) is 10.8. The van der Waals surface area contributed by atoms with Crippen molar-refractivity contribution in [1.82, 2.24) is 0 Å². The number of Topliss-reactive ketones (excluding diaryl/α,β-unsaturated/α-hetero) is 1. The number of carbonyl (C=O) groups is 3. The van der Waals surface area contributed by atoms with Gasteiger partial charge in [0.05, 0.1) is 31.8 Å². The van der Waals surface area contributed by atoms with Gasteiger partial charge in [0.25, 0.3) is 0 Å². The zero-order valence-corrected chi connectivity index (χ0v) is 19.6. The highest BCUT2D eigenvalue weighted by molar-refractivity contribution is 6.02. The molecule has 1 aromatic rings. The van der Waals surface area contributed by atoms with Gasteiger partial charge in [-0.1, -0.05) is 33.8 Å². The molecule has 8 nitrogen and oxygen atoms in total. The zero-order chi connectivity index (χ0) is 24.2. The Morgan fingerprint density at radius 1 is 1.09 bits per heavy atom. The SMILES string of the molecule is COc1cc([C@@H]2[C@H](C(=O)OCC(C)C)C(=O)C[C@@](C)(O)[C@H]2C(=O)OCC(C)C)ccc1O. The number of ether oxygens (including phenoxy) is 3. The first kappa shape index (κ1) is 25.6. The molecule has 2 N–H and O–H groups in total. The number of carbonyl (C=O) groups excluding carboxylic acids is 3. The lowest BCUT2D eigenvalue weighted by Gasteiger charge is -2.43. The second kappa shape index (κ2) is 10.3. The molecule has 178 valence electrons. The van der Waals surface area contributed by atoms with E-state index in [1.807, 2.05) is 27.7 Å². The molecule has 0 aliphatic heterocycles. The van der Waals surface area contributed by atoms with Gasteiger partial charge in [-0.05, 0) is 36.5 Å². The number of phenolic OH excluding ortho intramolecular Hbond substituents is 1. The van der Waals surface area contributed by atoms with Crippen LogP contribution in [0.2, 0.25) is 0 Å². The lowest BCUT2D eigenvalue weighted by Crippen LogP contribution is -2.55. The molecule has 32 heavy (non-hydrogen) atoms. The van der Waals surface area contributed by atoms with Crippen LogP contribution in [0.3, 0.4) is 0 Å². The summed E-state index contributed by atoms with van der Waals surface area (Å²) in [6.07, 6.45) is -0.387. The molecule has 1 aliphatic rings. The third kappa shape index (κ3) is 5.79. The van der Waals surface area contributed by atoms with E-state index in [2.05, 4.69) is 0 Å². The maximum atomic E-state index is 13.1. The minimum Gasteiger partial charge on any atom is -0.504 e. The van der Waals surface area contributed by atoms with Gasteiger partial charge in [-0.2, -0.15) is 0 Å². The van der Waals surface area contributed by atoms with Gasteiger partial charge in [0, 0.05) is 12.3 Å². The molecule has 1 aliphatic carbocycles. The minimum atomic E-state index is -1.74. The van der Waals surface area contributed by atoms with Gasteiger partial charge in [0.2, 0.25) is 0 Å². The lowest BCUT2D eigenvalue weighted by atomic mass is 9.61. The third-order valence-corrected chi connectivity index (χ3v) is 5.48. The fourth-order valence-corrected chi connectivity index (χ4v) is 3.99. The number of phenols is 1. The maximum Gasteiger partial charge on any atom is 0.317 e. The lowest BCUT2D eigenvalue weighted by molar-refractivity contribution is -0.173. The topological polar surface area (TPSA) is 119 Å². The third-order valence-electron chi connectivity index (χ3n) is 5.48. The highest BCUT2D eigenvalue weighted by Crippen LogP contribution is 2.48. The number of aliphatic hydroxyl groups is 1. The fraction of sp³-hybridized carbons (Fsp3) is 0.625. The Morgan fingerprint density at radius 2 is 1.66 bits per heavy atom. The summed E-state index contributed by atoms with van der Waals surface area (Å²) in [6, 6.07) is 4.32. The van der Waals surface area contributed by atoms with Crippen LogP contribution in [0, 0.1) is 23.7 Å². The van der Waals surface area contributed by atoms with Gasteiger partial charge in [-0.3, -0.25) is 14.4 Å². The Hall–Kier alpha value is -2.61. The van der Waals surface area contributed by atoms with Crippen LogP contribution in [0.25, 0.3) is 0 Å². The molecule has 0 saturated heterocycles. The highest BCUT2D eigenvalue weighted by Gasteiger charge is 2.57. The second-order valence-electron chi connectivity index (χ2n) is 9.46. The number of benzene rings is 1. The van der Waals surface area contributed by atoms with Gasteiger partial charge in [-0.25, -0.2) is 0 Å². The van der Waals surface area contributed by atoms with Crippen molar-refractivity contribution in [2.75, 3.05) is 20.3 Å². The number of methoxy groups -OCH3 is 1. The Morgan fingerprint density at radius 3 is 2.19 bits per heavy atom. The Kier molecular flexibility index (Phi) is 8.29. The molecule has 1 aromatic carbocycles. The van der Waals surface area contributed by atoms with Crippen LogP contribution in [0.15, 0.2) is 18.2 Å². The molecule has 2 rings (SSSR count). The minimum absolute atomic E-state index is 0.0553. The van der Waals surface area contributed by atoms with E-state index in [0.717, 1.165) is 0 Å². The van der Waals surface area contributed by atoms with Crippen molar-refractivity contribution in [3.63, 3.8) is 0 Å². The molecule has 1 fully saturated rings. The molecule has 0 heterocycles. The van der Waals surface area contributed by atoms with Crippen LogP contribution < -0.4 is 4.74 Å². The van der Waals surface area contributed by atoms with Crippen LogP contribution in [0.4, 0.5) is 0 Å². The molecule has 4 atom stereocenters. The Bertz CT molecular complexity index is 842. The van der Waals surface area contributed by atoms with Crippen molar-refractivity contribution in [3.05, 3.63) is 23.8 Å². The number of aromatic hydroxyl groups is 1. The average molecular weight is 451 g/mol. The van der Waals surface area contributed by atoms with Crippen LogP contribution in [-0.2, 0) is 23.9 Å². The van der Waals surface area contributed by atoms with Crippen molar-refractivity contribution in [2.24, 2.45) is 23.7 Å². The standard InChI is InChI=1S/C24H34O8/c1-13(2)11-31-22(27)20-17(26)10-24(5,29)21(23(28)32-12-14(3)4)19(20)15-7-8-16(25)18(9-15)30-6/h7-9,13-14,19-21,25,29H,10-12H2,1-6H3/t19-,20-,21-,24-/m1/s1. The number of ketones is 1. The molecule has 0 bridgehead atoms. The molecule has 0 amide bonds. The van der Waals surface area contributed by atoms with E-state index in [9.17, 15) is 24.6 Å². The van der Waals surface area contributed by atoms with E-state index < -0.39 is 41.1 Å². The zero-order valence-electron chi connectivity index (χ0n) is 19.6. The molecule has 8 heteroatoms. The molecule has 0 radical (unpaired) electrons. The summed E-state index contributed by atoms with van der Waals surface area (Å²) in [5, 5.41) is 21.1. The molecule has 1 saturated carbocycles. The molecule has 0 unspecified atom stereocenters. The molecular formula is C24H34O8.